The fraction of sp³-hybridized carbons (Fsp3) is 0.381. The van der Waals surface area contributed by atoms with E-state index < -0.39 is 48.9 Å². The number of hydrogen-bond acceptors (Lipinski definition) is 10. The molecule has 8 rings (SSSR count). The number of carbonyl (C=O) groups excluding carboxylic acids is 2. The van der Waals surface area contributed by atoms with Gasteiger partial charge in [0.15, 0.2) is 29.9 Å². The first-order valence-electron chi connectivity index (χ1n) is 19.1. The average molecular weight is 859 g/mol. The molecule has 0 amide bonds. The van der Waals surface area contributed by atoms with E-state index in [1.54, 1.807) is 0 Å². The highest BCUT2D eigenvalue weighted by atomic mass is 35.5. The second-order valence-electron chi connectivity index (χ2n) is 14.9. The number of esters is 2. The van der Waals surface area contributed by atoms with Gasteiger partial charge in [-0.05, 0) is 98.1 Å². The standard InChI is InChI=1S/C42H40Cl2F3N3O9/c43-31-19-50(55)20-32(44)30(31)17-35(25-9-10-34(59-42(46)47)36(16-25)56-22-23-7-8-23)57-38(51)18-29-28(40(52)53)5-2-6-33(29)48-39(26-3-1-4-27(45)15-26)41(54)58-37-21-49-13-11-24(37)12-14-49/h1-6,9-10,15-16,19-20,23-24,35,37,39,42,48H,7-8,11-14,17-18,21-22H2,(H,52,53)/t35-,37-,39?/m0/s1. The predicted octanol–water partition coefficient (Wildman–Crippen LogP) is 7.71. The van der Waals surface area contributed by atoms with Gasteiger partial charge in [0.2, 0.25) is 0 Å². The Hall–Kier alpha value is -5.25. The molecule has 2 N–H and O–H groups in total. The van der Waals surface area contributed by atoms with Gasteiger partial charge in [-0.15, -0.1) is 0 Å². The highest BCUT2D eigenvalue weighted by Crippen LogP contribution is 2.39. The summed E-state index contributed by atoms with van der Waals surface area (Å²) in [4.78, 5) is 42.9. The SMILES string of the molecule is O=C(Cc1c(NC(C(=O)O[C@H]2CN3CCC2CC3)c2cccc(F)c2)cccc1C(=O)O)O[C@@H](Cc1c(Cl)c[n+]([O-])cc1Cl)c1ccc(OC(F)F)c(OCC2CC2)c1. The van der Waals surface area contributed by atoms with Crippen LogP contribution in [0.5, 0.6) is 11.5 Å². The first kappa shape index (κ1) is 41.9. The number of fused-ring (bicyclic) bond motifs is 3. The summed E-state index contributed by atoms with van der Waals surface area (Å²) in [6, 6.07) is 12.3. The number of aromatic carboxylic acids is 1. The number of ether oxygens (including phenoxy) is 4. The Kier molecular flexibility index (Phi) is 13.0. The van der Waals surface area contributed by atoms with E-state index in [0.29, 0.717) is 11.3 Å². The Morgan fingerprint density at radius 2 is 1.66 bits per heavy atom. The van der Waals surface area contributed by atoms with Crippen LogP contribution >= 0.6 is 23.2 Å². The van der Waals surface area contributed by atoms with E-state index in [4.69, 9.17) is 37.4 Å². The third-order valence-corrected chi connectivity index (χ3v) is 11.4. The van der Waals surface area contributed by atoms with E-state index in [1.165, 1.54) is 60.7 Å². The van der Waals surface area contributed by atoms with Gasteiger partial charge in [0, 0.05) is 29.8 Å². The third kappa shape index (κ3) is 10.5. The summed E-state index contributed by atoms with van der Waals surface area (Å²) in [6.45, 7) is -0.541. The molecule has 59 heavy (non-hydrogen) atoms. The molecule has 17 heteroatoms. The lowest BCUT2D eigenvalue weighted by atomic mass is 9.86. The number of aromatic nitrogens is 1. The number of halogens is 5. The molecule has 3 aromatic carbocycles. The highest BCUT2D eigenvalue weighted by molar-refractivity contribution is 6.35. The average Bonchev–Trinajstić information content (AvgIpc) is 4.03. The van der Waals surface area contributed by atoms with Crippen LogP contribution in [0.2, 0.25) is 10.0 Å². The molecule has 0 radical (unpaired) electrons. The zero-order valence-corrected chi connectivity index (χ0v) is 33.0. The summed E-state index contributed by atoms with van der Waals surface area (Å²) in [5, 5.41) is 25.3. The van der Waals surface area contributed by atoms with Crippen LogP contribution < -0.4 is 19.5 Å². The van der Waals surface area contributed by atoms with Gasteiger partial charge in [-0.1, -0.05) is 47.5 Å². The summed E-state index contributed by atoms with van der Waals surface area (Å²) in [6.07, 6.45) is 3.19. The largest absolute Gasteiger partial charge is 0.619 e. The molecule has 312 valence electrons. The van der Waals surface area contributed by atoms with Gasteiger partial charge in [0.05, 0.1) is 18.6 Å². The number of anilines is 1. The van der Waals surface area contributed by atoms with E-state index in [2.05, 4.69) is 15.0 Å². The highest BCUT2D eigenvalue weighted by Gasteiger charge is 2.38. The molecule has 2 bridgehead atoms. The van der Waals surface area contributed by atoms with Crippen molar-refractivity contribution in [3.63, 3.8) is 0 Å². The van der Waals surface area contributed by atoms with E-state index in [0.717, 1.165) is 51.2 Å². The molecular weight excluding hydrogens is 818 g/mol. The molecule has 12 nitrogen and oxygen atoms in total. The lowest BCUT2D eigenvalue weighted by Gasteiger charge is -2.44. The second-order valence-corrected chi connectivity index (χ2v) is 15.7. The lowest BCUT2D eigenvalue weighted by Crippen LogP contribution is -2.52. The summed E-state index contributed by atoms with van der Waals surface area (Å²) in [5.41, 5.74) is 0.406. The Balaban J connectivity index is 1.20. The molecule has 1 aliphatic carbocycles. The Morgan fingerprint density at radius 1 is 0.932 bits per heavy atom. The van der Waals surface area contributed by atoms with Gasteiger partial charge in [-0.3, -0.25) is 9.69 Å². The first-order chi connectivity index (χ1) is 28.3. The van der Waals surface area contributed by atoms with Gasteiger partial charge in [-0.2, -0.15) is 13.5 Å². The third-order valence-electron chi connectivity index (χ3n) is 10.8. The number of nitrogens with zero attached hydrogens (tertiary/aromatic N) is 2. The minimum atomic E-state index is -3.15. The van der Waals surface area contributed by atoms with Crippen LogP contribution in [0.15, 0.2) is 73.1 Å². The Labute approximate surface area is 347 Å². The van der Waals surface area contributed by atoms with Crippen LogP contribution in [0, 0.1) is 22.9 Å². The number of carbonyl (C=O) groups is 3. The van der Waals surface area contributed by atoms with Gasteiger partial charge in [0.25, 0.3) is 0 Å². The molecule has 3 saturated heterocycles. The summed E-state index contributed by atoms with van der Waals surface area (Å²) in [5.74, 6) is -3.52. The molecule has 3 atom stereocenters. The molecule has 4 aliphatic rings. The number of benzene rings is 3. The first-order valence-corrected chi connectivity index (χ1v) is 19.8. The molecule has 1 unspecified atom stereocenters. The van der Waals surface area contributed by atoms with E-state index in [-0.39, 0.29) is 86.0 Å². The lowest BCUT2D eigenvalue weighted by molar-refractivity contribution is -0.605. The van der Waals surface area contributed by atoms with Crippen LogP contribution in [-0.4, -0.2) is 66.9 Å². The van der Waals surface area contributed by atoms with Crippen LogP contribution in [0.3, 0.4) is 0 Å². The number of hydrogen-bond donors (Lipinski definition) is 2. The van der Waals surface area contributed by atoms with Gasteiger partial charge < -0.3 is 34.6 Å². The van der Waals surface area contributed by atoms with Crippen molar-refractivity contribution in [3.05, 3.63) is 122 Å². The minimum Gasteiger partial charge on any atom is -0.619 e. The van der Waals surface area contributed by atoms with Crippen LogP contribution in [0.4, 0.5) is 18.9 Å². The minimum absolute atomic E-state index is 0.0327. The topological polar surface area (TPSA) is 151 Å². The smallest absolute Gasteiger partial charge is 0.387 e. The Morgan fingerprint density at radius 3 is 2.31 bits per heavy atom. The van der Waals surface area contributed by atoms with Crippen molar-refractivity contribution < 1.29 is 56.3 Å². The van der Waals surface area contributed by atoms with E-state index in [9.17, 15) is 37.9 Å². The number of piperidine rings is 3. The number of nitrogens with one attached hydrogen (secondary N) is 1. The van der Waals surface area contributed by atoms with Crippen molar-refractivity contribution in [1.29, 1.82) is 0 Å². The van der Waals surface area contributed by atoms with Crippen molar-refractivity contribution >= 4 is 46.8 Å². The molecule has 4 fully saturated rings. The number of alkyl halides is 2. The summed E-state index contributed by atoms with van der Waals surface area (Å²) in [7, 11) is 0. The van der Waals surface area contributed by atoms with Crippen LogP contribution in [0.1, 0.15) is 70.4 Å². The van der Waals surface area contributed by atoms with Gasteiger partial charge >= 0.3 is 24.5 Å². The number of carboxylic acid groups (broad SMARTS) is 1. The fourth-order valence-electron chi connectivity index (χ4n) is 7.50. The molecule has 1 aromatic heterocycles. The number of rotatable bonds is 17. The van der Waals surface area contributed by atoms with E-state index >= 15 is 0 Å². The second kappa shape index (κ2) is 18.3. The molecule has 1 saturated carbocycles. The number of carboxylic acids is 1. The van der Waals surface area contributed by atoms with Crippen LogP contribution in [-0.2, 0) is 31.9 Å². The summed E-state index contributed by atoms with van der Waals surface area (Å²) >= 11 is 12.8. The quantitative estimate of drug-likeness (QED) is 0.0611. The maximum absolute atomic E-state index is 14.6. The van der Waals surface area contributed by atoms with Crippen molar-refractivity contribution in [2.24, 2.45) is 11.8 Å². The van der Waals surface area contributed by atoms with Crippen molar-refractivity contribution in [1.82, 2.24) is 4.90 Å². The van der Waals surface area contributed by atoms with Gasteiger partial charge in [0.1, 0.15) is 28.1 Å². The van der Waals surface area contributed by atoms with Crippen molar-refractivity contribution in [2.45, 2.75) is 63.4 Å². The zero-order chi connectivity index (χ0) is 41.8. The summed E-state index contributed by atoms with van der Waals surface area (Å²) < 4.78 is 64.3. The maximum atomic E-state index is 14.6. The van der Waals surface area contributed by atoms with Crippen molar-refractivity contribution in [3.8, 4) is 11.5 Å². The molecule has 4 heterocycles. The predicted molar refractivity (Wildman–Crippen MR) is 208 cm³/mol. The van der Waals surface area contributed by atoms with Crippen LogP contribution in [0.25, 0.3) is 0 Å². The Bertz CT molecular complexity index is 2180. The van der Waals surface area contributed by atoms with Crippen molar-refractivity contribution in [2.75, 3.05) is 31.6 Å². The zero-order valence-electron chi connectivity index (χ0n) is 31.5. The molecule has 3 aliphatic heterocycles. The molecular formula is C42H40Cl2F3N3O9. The van der Waals surface area contributed by atoms with Gasteiger partial charge in [-0.25, -0.2) is 14.0 Å². The maximum Gasteiger partial charge on any atom is 0.387 e. The fourth-order valence-corrected chi connectivity index (χ4v) is 8.10. The number of pyridine rings is 1. The van der Waals surface area contributed by atoms with E-state index in [1.807, 2.05) is 0 Å². The molecule has 0 spiro atoms. The monoisotopic (exact) mass is 857 g/mol. The normalized spacial score (nSPS) is 19.5. The molecule has 4 aromatic rings.